The molecule has 0 fully saturated rings. The first-order valence-electron chi connectivity index (χ1n) is 4.96. The van der Waals surface area contributed by atoms with E-state index in [9.17, 15) is 0 Å². The Labute approximate surface area is 90.7 Å². The molecule has 0 aliphatic carbocycles. The van der Waals surface area contributed by atoms with Crippen LogP contribution in [0.3, 0.4) is 0 Å². The first-order valence-corrected chi connectivity index (χ1v) is 4.96. The fourth-order valence-corrected chi connectivity index (χ4v) is 0.714. The molecule has 0 nitrogen and oxygen atoms in total. The highest BCUT2D eigenvalue weighted by molar-refractivity contribution is 5.13. The van der Waals surface area contributed by atoms with E-state index in [1.807, 2.05) is 26.8 Å². The van der Waals surface area contributed by atoms with Gasteiger partial charge in [0.2, 0.25) is 0 Å². The molecule has 0 heterocycles. The van der Waals surface area contributed by atoms with Gasteiger partial charge >= 0.3 is 0 Å². The molecule has 0 atom stereocenters. The van der Waals surface area contributed by atoms with Crippen molar-refractivity contribution in [1.29, 1.82) is 0 Å². The minimum absolute atomic E-state index is 0. The lowest BCUT2D eigenvalue weighted by Gasteiger charge is -1.89. The smallest absolute Gasteiger partial charge is 0.0307 e. The molecule has 0 bridgehead atoms. The largest absolute Gasteiger partial charge is 0.103 e. The minimum atomic E-state index is 0. The Morgan fingerprint density at radius 2 is 1.50 bits per heavy atom. The molecule has 1 rings (SSSR count). The van der Waals surface area contributed by atoms with Crippen LogP contribution in [0.5, 0.6) is 0 Å². The van der Waals surface area contributed by atoms with Crippen molar-refractivity contribution in [3.05, 3.63) is 48.6 Å². The zero-order valence-corrected chi connectivity index (χ0v) is 9.38. The van der Waals surface area contributed by atoms with Crippen LogP contribution in [0.1, 0.15) is 40.7 Å². The fraction of sp³-hybridized carbons (Fsp3) is 0.429. The van der Waals surface area contributed by atoms with Crippen LogP contribution in [0, 0.1) is 0 Å². The van der Waals surface area contributed by atoms with Gasteiger partial charge in [-0.05, 0) is 18.9 Å². The van der Waals surface area contributed by atoms with Gasteiger partial charge in [0, 0.05) is 0 Å². The maximum absolute atomic E-state index is 3.36. The summed E-state index contributed by atoms with van der Waals surface area (Å²) in [6.07, 6.45) is 2.89. The molecule has 0 saturated heterocycles. The Balaban J connectivity index is -0.000000176. The number of hydrogen-bond acceptors (Lipinski definition) is 0. The summed E-state index contributed by atoms with van der Waals surface area (Å²) in [7, 11) is 0. The van der Waals surface area contributed by atoms with E-state index in [1.54, 1.807) is 6.08 Å². The molecule has 0 spiro atoms. The second-order valence-electron chi connectivity index (χ2n) is 2.25. The Morgan fingerprint density at radius 3 is 1.71 bits per heavy atom. The average Bonchev–Trinajstić information content (AvgIpc) is 2.23. The number of benzene rings is 1. The van der Waals surface area contributed by atoms with E-state index in [0.717, 1.165) is 6.42 Å². The molecule has 0 saturated carbocycles. The van der Waals surface area contributed by atoms with E-state index in [0.29, 0.717) is 0 Å². The number of hydrogen-bond donors (Lipinski definition) is 0. The second kappa shape index (κ2) is 17.9. The van der Waals surface area contributed by atoms with Crippen molar-refractivity contribution >= 4 is 0 Å². The summed E-state index contributed by atoms with van der Waals surface area (Å²) in [5, 5.41) is 0. The van der Waals surface area contributed by atoms with E-state index in [1.165, 1.54) is 5.56 Å². The fourth-order valence-electron chi connectivity index (χ4n) is 0.714. The molecule has 14 heavy (non-hydrogen) atoms. The van der Waals surface area contributed by atoms with Crippen molar-refractivity contribution < 1.29 is 0 Å². The Bertz CT molecular complexity index is 174. The summed E-state index contributed by atoms with van der Waals surface area (Å²) >= 11 is 0. The topological polar surface area (TPSA) is 0 Å². The van der Waals surface area contributed by atoms with Crippen LogP contribution in [0.25, 0.3) is 0 Å². The Morgan fingerprint density at radius 1 is 1.14 bits per heavy atom. The SMILES string of the molecule is C.C=CC.CC.CCc1ccccc1. The number of rotatable bonds is 1. The average molecular weight is 194 g/mol. The van der Waals surface area contributed by atoms with Crippen molar-refractivity contribution in [3.63, 3.8) is 0 Å². The van der Waals surface area contributed by atoms with Gasteiger partial charge in [-0.25, -0.2) is 0 Å². The molecular weight excluding hydrogens is 168 g/mol. The lowest BCUT2D eigenvalue weighted by atomic mass is 10.2. The highest BCUT2D eigenvalue weighted by Gasteiger charge is 1.79. The van der Waals surface area contributed by atoms with Gasteiger partial charge in [-0.2, -0.15) is 0 Å². The third kappa shape index (κ3) is 13.5. The molecule has 1 aromatic rings. The van der Waals surface area contributed by atoms with Crippen molar-refractivity contribution in [3.8, 4) is 0 Å². The molecule has 1 aromatic carbocycles. The maximum atomic E-state index is 3.36. The van der Waals surface area contributed by atoms with Gasteiger partial charge in [0.15, 0.2) is 0 Å². The van der Waals surface area contributed by atoms with Crippen molar-refractivity contribution in [2.75, 3.05) is 0 Å². The van der Waals surface area contributed by atoms with Gasteiger partial charge in [0.25, 0.3) is 0 Å². The first-order chi connectivity index (χ1) is 6.35. The number of allylic oxidation sites excluding steroid dienone is 1. The standard InChI is InChI=1S/C8H10.C3H6.C2H6.CH4/c1-2-8-6-4-3-5-7-8;1-3-2;1-2;/h3-7H,2H2,1H3;3H,1H2,2H3;1-2H3;1H4. The summed E-state index contributed by atoms with van der Waals surface area (Å²) in [5.41, 5.74) is 1.41. The van der Waals surface area contributed by atoms with Gasteiger partial charge in [-0.1, -0.05) is 64.6 Å². The van der Waals surface area contributed by atoms with Crippen LogP contribution in [0.15, 0.2) is 43.0 Å². The van der Waals surface area contributed by atoms with Crippen molar-refractivity contribution in [1.82, 2.24) is 0 Å². The quantitative estimate of drug-likeness (QED) is 0.545. The van der Waals surface area contributed by atoms with E-state index in [4.69, 9.17) is 0 Å². The van der Waals surface area contributed by atoms with Crippen LogP contribution in [0.4, 0.5) is 0 Å². The molecule has 0 amide bonds. The monoisotopic (exact) mass is 194 g/mol. The molecule has 0 aliphatic rings. The summed E-state index contributed by atoms with van der Waals surface area (Å²) in [6, 6.07) is 10.5. The zero-order chi connectivity index (χ0) is 10.5. The van der Waals surface area contributed by atoms with Crippen molar-refractivity contribution in [2.45, 2.75) is 41.5 Å². The molecule has 0 unspecified atom stereocenters. The molecule has 0 N–H and O–H groups in total. The highest BCUT2D eigenvalue weighted by atomic mass is 13.9. The van der Waals surface area contributed by atoms with Crippen molar-refractivity contribution in [2.24, 2.45) is 0 Å². The first kappa shape index (κ1) is 18.7. The van der Waals surface area contributed by atoms with E-state index in [2.05, 4.69) is 37.8 Å². The van der Waals surface area contributed by atoms with Crippen LogP contribution in [-0.4, -0.2) is 0 Å². The van der Waals surface area contributed by atoms with Gasteiger partial charge in [-0.15, -0.1) is 6.58 Å². The van der Waals surface area contributed by atoms with E-state index in [-0.39, 0.29) is 7.43 Å². The summed E-state index contributed by atoms with van der Waals surface area (Å²) < 4.78 is 0. The van der Waals surface area contributed by atoms with Crippen LogP contribution in [0.2, 0.25) is 0 Å². The second-order valence-corrected chi connectivity index (χ2v) is 2.25. The summed E-state index contributed by atoms with van der Waals surface area (Å²) in [4.78, 5) is 0. The van der Waals surface area contributed by atoms with Gasteiger partial charge in [0.05, 0.1) is 0 Å². The normalized spacial score (nSPS) is 6.57. The molecule has 0 heteroatoms. The summed E-state index contributed by atoms with van der Waals surface area (Å²) in [5.74, 6) is 0. The molecule has 0 aliphatic heterocycles. The summed E-state index contributed by atoms with van der Waals surface area (Å²) in [6.45, 7) is 11.4. The lowest BCUT2D eigenvalue weighted by Crippen LogP contribution is -1.73. The highest BCUT2D eigenvalue weighted by Crippen LogP contribution is 1.96. The zero-order valence-electron chi connectivity index (χ0n) is 9.38. The molecule has 0 radical (unpaired) electrons. The molecular formula is C14H26. The molecule has 0 aromatic heterocycles. The predicted molar refractivity (Wildman–Crippen MR) is 69.8 cm³/mol. The Kier molecular flexibility index (Phi) is 23.9. The maximum Gasteiger partial charge on any atom is -0.0307 e. The lowest BCUT2D eigenvalue weighted by molar-refractivity contribution is 1.14. The van der Waals surface area contributed by atoms with Crippen LogP contribution in [-0.2, 0) is 6.42 Å². The van der Waals surface area contributed by atoms with Gasteiger partial charge in [0.1, 0.15) is 0 Å². The van der Waals surface area contributed by atoms with Crippen LogP contribution < -0.4 is 0 Å². The molecule has 82 valence electrons. The number of aryl methyl sites for hydroxylation is 1. The van der Waals surface area contributed by atoms with E-state index >= 15 is 0 Å². The predicted octanol–water partition coefficient (Wildman–Crippen LogP) is 5.10. The Hall–Kier alpha value is -1.04. The van der Waals surface area contributed by atoms with Gasteiger partial charge < -0.3 is 0 Å². The van der Waals surface area contributed by atoms with E-state index < -0.39 is 0 Å². The third-order valence-corrected chi connectivity index (χ3v) is 1.25. The van der Waals surface area contributed by atoms with Crippen LogP contribution >= 0.6 is 0 Å². The van der Waals surface area contributed by atoms with Gasteiger partial charge in [-0.3, -0.25) is 0 Å². The minimum Gasteiger partial charge on any atom is -0.103 e. The third-order valence-electron chi connectivity index (χ3n) is 1.25.